The average Bonchev–Trinajstić information content (AvgIpc) is 3.97. The Morgan fingerprint density at radius 3 is 1.68 bits per heavy atom. The molecule has 74 heavy (non-hydrogen) atoms. The number of nitrogens with zero attached hydrogens (tertiary/aromatic N) is 4. The van der Waals surface area contributed by atoms with Crippen molar-refractivity contribution in [3.05, 3.63) is 234 Å². The first kappa shape index (κ1) is 52.1. The summed E-state index contributed by atoms with van der Waals surface area (Å²) in [6.07, 6.45) is 8.02. The van der Waals surface area contributed by atoms with Gasteiger partial charge in [-0.3, -0.25) is 4.57 Å². The fraction of sp³-hybridized carbons (Fsp3) is 0.265. The molecule has 6 heteroatoms. The molecule has 3 heterocycles. The summed E-state index contributed by atoms with van der Waals surface area (Å²) in [6.45, 7) is 29.6. The summed E-state index contributed by atoms with van der Waals surface area (Å²) >= 11 is 0. The second kappa shape index (κ2) is 19.5. The predicted molar refractivity (Wildman–Crippen MR) is 301 cm³/mol. The van der Waals surface area contributed by atoms with Crippen LogP contribution in [0.15, 0.2) is 176 Å². The standard InChI is InChI=1S/C68H68N4O.Pt/c1-64(2,3)50-33-34-69-63(41-50)72-60-32-29-47(46-23-17-14-18-24-46)35-59(60)58-31-30-56(43-61(58)72)73-57-40-53(68(12,13)49-27-21-16-22-28-49)39-55(42-57)71-45-70(44-62(71)66(7,8)9)54-37-51(65(4,5)6)36-52(38-54)67(10,11)48-25-19-15-20-26-48;/h14-41,44H,1-13H3;/q-2;. The minimum Gasteiger partial charge on any atom is -0.510 e. The third-order valence-corrected chi connectivity index (χ3v) is 14.9. The second-order valence-corrected chi connectivity index (χ2v) is 24.0. The first-order chi connectivity index (χ1) is 34.6. The number of imidazole rings is 1. The zero-order valence-electron chi connectivity index (χ0n) is 45.3. The molecule has 0 aliphatic rings. The van der Waals surface area contributed by atoms with Crippen LogP contribution in [0.4, 0.5) is 0 Å². The molecule has 0 aliphatic heterocycles. The van der Waals surface area contributed by atoms with E-state index in [1.807, 2.05) is 12.3 Å². The molecule has 0 N–H and O–H groups in total. The quantitative estimate of drug-likeness (QED) is 0.101. The minimum atomic E-state index is -0.395. The van der Waals surface area contributed by atoms with Crippen LogP contribution in [0.3, 0.4) is 0 Å². The van der Waals surface area contributed by atoms with Crippen LogP contribution in [0.2, 0.25) is 0 Å². The number of fused-ring (bicyclic) bond motifs is 3. The molecule has 378 valence electrons. The third-order valence-electron chi connectivity index (χ3n) is 14.9. The molecular formula is C68H68N4OPt-2. The summed E-state index contributed by atoms with van der Waals surface area (Å²) in [5, 5.41) is 2.19. The SMILES string of the molecule is CC(C)(C)c1cc(-[n+]2[c-]n(-c3[c-]c(Oc4[c-]c5c(cc4)c4cc(-c6ccccc6)ccc4n5-c4cc(C(C)(C)C)ccn4)cc(C(C)(C)c4ccccc4)c3)c(C(C)(C)C)c2)cc(C(C)(C)c2ccccc2)c1.[Pt]. The largest absolute Gasteiger partial charge is 0.510 e. The average molecular weight is 1150 g/mol. The van der Waals surface area contributed by atoms with Crippen molar-refractivity contribution < 1.29 is 30.4 Å². The van der Waals surface area contributed by atoms with E-state index in [4.69, 9.17) is 9.72 Å². The van der Waals surface area contributed by atoms with Gasteiger partial charge in [0.05, 0.1) is 11.4 Å². The van der Waals surface area contributed by atoms with Crippen LogP contribution in [0.1, 0.15) is 129 Å². The molecule has 5 nitrogen and oxygen atoms in total. The summed E-state index contributed by atoms with van der Waals surface area (Å²) in [4.78, 5) is 4.99. The van der Waals surface area contributed by atoms with Crippen LogP contribution < -0.4 is 9.30 Å². The Bertz CT molecular complexity index is 3640. The zero-order chi connectivity index (χ0) is 51.7. The molecule has 3 aromatic heterocycles. The Labute approximate surface area is 454 Å². The van der Waals surface area contributed by atoms with Gasteiger partial charge < -0.3 is 13.9 Å². The summed E-state index contributed by atoms with van der Waals surface area (Å²) in [6, 6.07) is 66.3. The van der Waals surface area contributed by atoms with Gasteiger partial charge in [0.1, 0.15) is 5.82 Å². The molecule has 0 saturated heterocycles. The van der Waals surface area contributed by atoms with Gasteiger partial charge in [0.25, 0.3) is 6.33 Å². The van der Waals surface area contributed by atoms with Gasteiger partial charge in [0.2, 0.25) is 0 Å². The fourth-order valence-electron chi connectivity index (χ4n) is 10.0. The van der Waals surface area contributed by atoms with Gasteiger partial charge in [-0.15, -0.1) is 35.2 Å². The number of ether oxygens (including phenoxy) is 1. The maximum atomic E-state index is 7.06. The molecule has 10 aromatic rings. The van der Waals surface area contributed by atoms with Crippen molar-refractivity contribution in [3.8, 4) is 39.8 Å². The van der Waals surface area contributed by atoms with E-state index in [2.05, 4.69) is 286 Å². The molecule has 0 atom stereocenters. The maximum absolute atomic E-state index is 7.06. The number of benzene rings is 7. The van der Waals surface area contributed by atoms with Crippen molar-refractivity contribution in [3.63, 3.8) is 0 Å². The van der Waals surface area contributed by atoms with Crippen LogP contribution >= 0.6 is 0 Å². The van der Waals surface area contributed by atoms with Gasteiger partial charge in [-0.05, 0) is 102 Å². The third kappa shape index (κ3) is 10.1. The van der Waals surface area contributed by atoms with Crippen molar-refractivity contribution in [1.82, 2.24) is 14.1 Å². The normalized spacial score (nSPS) is 12.6. The van der Waals surface area contributed by atoms with Gasteiger partial charge in [0.15, 0.2) is 0 Å². The van der Waals surface area contributed by atoms with Crippen molar-refractivity contribution in [2.24, 2.45) is 0 Å². The summed E-state index contributed by atoms with van der Waals surface area (Å²) < 4.78 is 13.7. The molecule has 0 bridgehead atoms. The fourth-order valence-corrected chi connectivity index (χ4v) is 10.0. The van der Waals surface area contributed by atoms with Crippen molar-refractivity contribution in [2.75, 3.05) is 0 Å². The topological polar surface area (TPSA) is 35.9 Å². The molecule has 0 saturated carbocycles. The minimum absolute atomic E-state index is 0. The van der Waals surface area contributed by atoms with E-state index in [1.165, 1.54) is 33.4 Å². The van der Waals surface area contributed by atoms with Gasteiger partial charge in [-0.2, -0.15) is 12.1 Å². The van der Waals surface area contributed by atoms with Crippen LogP contribution in [0.5, 0.6) is 11.5 Å². The molecule has 0 amide bonds. The molecule has 0 aliphatic carbocycles. The summed E-state index contributed by atoms with van der Waals surface area (Å²) in [5.41, 5.74) is 13.5. The van der Waals surface area contributed by atoms with Gasteiger partial charge in [0, 0.05) is 55.9 Å². The van der Waals surface area contributed by atoms with E-state index in [1.54, 1.807) is 0 Å². The molecule has 10 rings (SSSR count). The van der Waals surface area contributed by atoms with Crippen LogP contribution in [0, 0.1) is 18.5 Å². The first-order valence-electron chi connectivity index (χ1n) is 25.7. The van der Waals surface area contributed by atoms with E-state index < -0.39 is 5.41 Å². The van der Waals surface area contributed by atoms with Crippen LogP contribution in [-0.4, -0.2) is 14.1 Å². The van der Waals surface area contributed by atoms with Gasteiger partial charge in [-0.25, -0.2) is 4.98 Å². The number of rotatable bonds is 10. The number of hydrogen-bond acceptors (Lipinski definition) is 2. The predicted octanol–water partition coefficient (Wildman–Crippen LogP) is 16.6. The first-order valence-corrected chi connectivity index (χ1v) is 25.7. The summed E-state index contributed by atoms with van der Waals surface area (Å²) in [7, 11) is 0. The Kier molecular flexibility index (Phi) is 13.7. The van der Waals surface area contributed by atoms with E-state index in [9.17, 15) is 0 Å². The Hall–Kier alpha value is -6.81. The van der Waals surface area contributed by atoms with E-state index >= 15 is 0 Å². The monoisotopic (exact) mass is 1150 g/mol. The zero-order valence-corrected chi connectivity index (χ0v) is 47.5. The molecule has 0 fully saturated rings. The van der Waals surface area contributed by atoms with E-state index in [0.29, 0.717) is 11.5 Å². The van der Waals surface area contributed by atoms with Gasteiger partial charge >= 0.3 is 0 Å². The van der Waals surface area contributed by atoms with Crippen molar-refractivity contribution >= 4 is 21.8 Å². The number of pyridine rings is 1. The summed E-state index contributed by atoms with van der Waals surface area (Å²) in [5.74, 6) is 2.01. The van der Waals surface area contributed by atoms with E-state index in [-0.39, 0.29) is 42.7 Å². The molecule has 0 spiro atoms. The van der Waals surface area contributed by atoms with Crippen molar-refractivity contribution in [2.45, 2.75) is 117 Å². The van der Waals surface area contributed by atoms with Gasteiger partial charge in [-0.1, -0.05) is 205 Å². The molecule has 0 radical (unpaired) electrons. The molecule has 7 aromatic carbocycles. The second-order valence-electron chi connectivity index (χ2n) is 24.0. The van der Waals surface area contributed by atoms with Crippen LogP contribution in [-0.2, 0) is 48.1 Å². The Balaban J connectivity index is 0.00000672. The number of hydrogen-bond donors (Lipinski definition) is 0. The van der Waals surface area contributed by atoms with Crippen LogP contribution in [0.25, 0.3) is 50.1 Å². The number of aromatic nitrogens is 4. The Morgan fingerprint density at radius 2 is 1.07 bits per heavy atom. The maximum Gasteiger partial charge on any atom is 0.267 e. The van der Waals surface area contributed by atoms with Crippen molar-refractivity contribution in [1.29, 1.82) is 0 Å². The van der Waals surface area contributed by atoms with E-state index in [0.717, 1.165) is 55.8 Å². The molecule has 0 unspecified atom stereocenters. The Morgan fingerprint density at radius 1 is 0.473 bits per heavy atom. The smallest absolute Gasteiger partial charge is 0.267 e. The molecular weight excluding hydrogens is 1080 g/mol.